The number of phosphoric acid groups is 1. The van der Waals surface area contributed by atoms with Gasteiger partial charge in [0.25, 0.3) is 0 Å². The molecule has 3 heterocycles. The third kappa shape index (κ3) is 19.2. The van der Waals surface area contributed by atoms with E-state index in [-0.39, 0.29) is 0 Å². The van der Waals surface area contributed by atoms with E-state index in [1.54, 1.807) is 0 Å². The maximum Gasteiger partial charge on any atom is 0.482 e. The number of carbonyl (C=O) groups excluding carboxylic acids is 12. The Kier molecular flexibility index (Phi) is 23.3. The summed E-state index contributed by atoms with van der Waals surface area (Å²) in [6.45, 7) is 8.04. The van der Waals surface area contributed by atoms with E-state index in [1.165, 1.54) is 0 Å². The zero-order valence-corrected chi connectivity index (χ0v) is 42.8. The first kappa shape index (κ1) is 61.9. The van der Waals surface area contributed by atoms with E-state index in [4.69, 9.17) is 84.6 Å². The first-order valence-corrected chi connectivity index (χ1v) is 23.4. The number of hydrogen-bond acceptors (Lipinski definition) is 31. The van der Waals surface area contributed by atoms with Gasteiger partial charge in [0.15, 0.2) is 54.9 Å². The molecule has 74 heavy (non-hydrogen) atoms. The Morgan fingerprint density at radius 3 is 0.635 bits per heavy atom. The zero-order valence-electron chi connectivity index (χ0n) is 41.9. The molecule has 0 aromatic carbocycles. The Hall–Kier alpha value is -6.37. The third-order valence-electron chi connectivity index (χ3n) is 9.54. The number of rotatable bonds is 21. The molecule has 0 radical (unpaired) electrons. The molecule has 0 saturated carbocycles. The maximum atomic E-state index is 16.0. The number of ether oxygens (including phenoxy) is 15. The van der Waals surface area contributed by atoms with Gasteiger partial charge in [-0.2, -0.15) is 0 Å². The van der Waals surface area contributed by atoms with Gasteiger partial charge in [-0.1, -0.05) is 0 Å². The van der Waals surface area contributed by atoms with Gasteiger partial charge >= 0.3 is 79.5 Å². The van der Waals surface area contributed by atoms with Crippen LogP contribution in [-0.4, -0.2) is 184 Å². The molecule has 3 fully saturated rings. The Morgan fingerprint density at radius 2 is 0.459 bits per heavy atom. The second-order valence-electron chi connectivity index (χ2n) is 16.0. The molecule has 0 aromatic heterocycles. The average Bonchev–Trinajstić information content (AvgIpc) is 3.23. The highest BCUT2D eigenvalue weighted by atomic mass is 31.2. The lowest BCUT2D eigenvalue weighted by Gasteiger charge is -2.47. The van der Waals surface area contributed by atoms with Gasteiger partial charge in [-0.25, -0.2) is 4.57 Å². The summed E-state index contributed by atoms with van der Waals surface area (Å²) in [5.41, 5.74) is 0. The van der Waals surface area contributed by atoms with E-state index in [0.717, 1.165) is 83.1 Å². The van der Waals surface area contributed by atoms with Crippen molar-refractivity contribution in [3.8, 4) is 0 Å². The molecule has 15 atom stereocenters. The molecule has 3 saturated heterocycles. The first-order chi connectivity index (χ1) is 34.4. The van der Waals surface area contributed by atoms with Crippen molar-refractivity contribution >= 4 is 79.5 Å². The van der Waals surface area contributed by atoms with Crippen LogP contribution in [0.25, 0.3) is 0 Å². The van der Waals surface area contributed by atoms with Crippen LogP contribution in [0.1, 0.15) is 83.1 Å². The van der Waals surface area contributed by atoms with Gasteiger partial charge in [0.1, 0.15) is 38.1 Å². The lowest BCUT2D eigenvalue weighted by molar-refractivity contribution is -0.317. The van der Waals surface area contributed by atoms with Gasteiger partial charge in [0.05, 0.1) is 0 Å². The van der Waals surface area contributed by atoms with Crippen LogP contribution in [-0.2, 0) is 147 Å². The van der Waals surface area contributed by atoms with Crippen molar-refractivity contribution in [1.82, 2.24) is 0 Å². The maximum absolute atomic E-state index is 16.0. The van der Waals surface area contributed by atoms with Crippen molar-refractivity contribution in [3.05, 3.63) is 0 Å². The molecule has 3 unspecified atom stereocenters. The Bertz CT molecular complexity index is 1930. The molecular formula is C42H57O31P. The standard InChI is InChI=1S/C42H57O31P/c1-16(43)56-13-28-31(59-19(4)46)34(62-22(7)49)37(65-25(10)52)40(68-28)71-74(55,72-41-38(66-26(11)53)35(63-23(8)50)32(60-20(5)47)29(69-41)14-57-17(2)44)73-42-39(67-27(12)54)36(64-24(9)51)33(61-21(6)48)30(70-42)15-58-18(3)45/h28-42H,13-15H2,1-12H3/t28-,29-,30-,31-,32-,33-,34+,35+,36+,37-,38-,39-,40?,41?,42?,74?/m1/s1. The predicted molar refractivity (Wildman–Crippen MR) is 227 cm³/mol. The number of esters is 12. The highest BCUT2D eigenvalue weighted by Crippen LogP contribution is 2.57. The predicted octanol–water partition coefficient (Wildman–Crippen LogP) is -0.606. The Labute approximate surface area is 420 Å². The molecule has 0 amide bonds. The largest absolute Gasteiger partial charge is 0.482 e. The average molecular weight is 1090 g/mol. The van der Waals surface area contributed by atoms with Crippen LogP contribution in [0.4, 0.5) is 0 Å². The van der Waals surface area contributed by atoms with Gasteiger partial charge in [-0.15, -0.1) is 0 Å². The minimum atomic E-state index is -6.20. The van der Waals surface area contributed by atoms with Crippen LogP contribution in [0.2, 0.25) is 0 Å². The van der Waals surface area contributed by atoms with Crippen molar-refractivity contribution < 1.29 is 147 Å². The molecular weight excluding hydrogens is 1030 g/mol. The molecule has 3 rings (SSSR count). The third-order valence-corrected chi connectivity index (χ3v) is 10.9. The summed E-state index contributed by atoms with van der Waals surface area (Å²) in [6.07, 6.45) is -31.4. The van der Waals surface area contributed by atoms with Gasteiger partial charge in [-0.3, -0.25) is 71.1 Å². The monoisotopic (exact) mass is 1090 g/mol. The normalized spacial score (nSPS) is 30.2. The lowest BCUT2D eigenvalue weighted by atomic mass is 9.98. The first-order valence-electron chi connectivity index (χ1n) is 22.0. The van der Waals surface area contributed by atoms with Crippen LogP contribution in [0.5, 0.6) is 0 Å². The molecule has 0 N–H and O–H groups in total. The molecule has 3 aliphatic heterocycles. The van der Waals surface area contributed by atoms with E-state index < -0.39 is 191 Å². The van der Waals surface area contributed by atoms with Crippen molar-refractivity contribution in [3.63, 3.8) is 0 Å². The van der Waals surface area contributed by atoms with E-state index >= 15 is 4.57 Å². The Balaban J connectivity index is 2.50. The number of hydrogen-bond donors (Lipinski definition) is 0. The summed E-state index contributed by atoms with van der Waals surface area (Å²) in [4.78, 5) is 150. The topological polar surface area (TPSA) is 388 Å². The van der Waals surface area contributed by atoms with Crippen molar-refractivity contribution in [2.45, 2.75) is 175 Å². The zero-order chi connectivity index (χ0) is 55.9. The van der Waals surface area contributed by atoms with Crippen LogP contribution in [0.15, 0.2) is 0 Å². The van der Waals surface area contributed by atoms with Crippen LogP contribution >= 0.6 is 7.82 Å². The van der Waals surface area contributed by atoms with E-state index in [2.05, 4.69) is 0 Å². The number of carbonyl (C=O) groups is 12. The van der Waals surface area contributed by atoms with Crippen LogP contribution in [0, 0.1) is 0 Å². The highest BCUT2D eigenvalue weighted by molar-refractivity contribution is 7.48. The SMILES string of the molecule is CC(=O)OC[C@H]1OC(OP(=O)(OC2O[C@H](COC(C)=O)[C@@H](OC(C)=O)[C@H](OC(C)=O)[C@H]2OC(C)=O)OC2O[C@H](COC(C)=O)[C@@H](OC(C)=O)[C@H](OC(C)=O)[C@H]2OC(C)=O)[C@H](OC(C)=O)[C@@H](OC(C)=O)[C@@H]1OC(C)=O. The van der Waals surface area contributed by atoms with E-state index in [1.807, 2.05) is 0 Å². The van der Waals surface area contributed by atoms with Crippen molar-refractivity contribution in [2.24, 2.45) is 0 Å². The number of phosphoric ester groups is 1. The fraction of sp³-hybridized carbons (Fsp3) is 0.714. The summed E-state index contributed by atoms with van der Waals surface area (Å²) in [6, 6.07) is 0. The molecule has 0 spiro atoms. The van der Waals surface area contributed by atoms with Gasteiger partial charge in [-0.05, 0) is 0 Å². The second-order valence-corrected chi connectivity index (χ2v) is 17.5. The van der Waals surface area contributed by atoms with Crippen LogP contribution < -0.4 is 0 Å². The van der Waals surface area contributed by atoms with E-state index in [0.29, 0.717) is 0 Å². The lowest BCUT2D eigenvalue weighted by Crippen LogP contribution is -2.64. The quantitative estimate of drug-likeness (QED) is 0.0786. The second kappa shape index (κ2) is 27.8. The summed E-state index contributed by atoms with van der Waals surface area (Å²) in [7, 11) is -6.20. The summed E-state index contributed by atoms with van der Waals surface area (Å²) >= 11 is 0. The molecule has 0 bridgehead atoms. The minimum absolute atomic E-state index is 0.829. The molecule has 31 nitrogen and oxygen atoms in total. The fourth-order valence-electron chi connectivity index (χ4n) is 7.28. The van der Waals surface area contributed by atoms with Crippen LogP contribution in [0.3, 0.4) is 0 Å². The molecule has 0 aromatic rings. The molecule has 32 heteroatoms. The minimum Gasteiger partial charge on any atom is -0.463 e. The molecule has 0 aliphatic carbocycles. The summed E-state index contributed by atoms with van der Waals surface area (Å²) in [5.74, 6) is -13.1. The van der Waals surface area contributed by atoms with Gasteiger partial charge < -0.3 is 71.1 Å². The fourth-order valence-corrected chi connectivity index (χ4v) is 8.70. The molecule has 416 valence electrons. The summed E-state index contributed by atoms with van der Waals surface area (Å²) in [5, 5.41) is 0. The highest BCUT2D eigenvalue weighted by Gasteiger charge is 2.61. The van der Waals surface area contributed by atoms with E-state index in [9.17, 15) is 57.5 Å². The van der Waals surface area contributed by atoms with Gasteiger partial charge in [0, 0.05) is 83.1 Å². The summed E-state index contributed by atoms with van der Waals surface area (Å²) < 4.78 is 116. The smallest absolute Gasteiger partial charge is 0.463 e. The van der Waals surface area contributed by atoms with Crippen molar-refractivity contribution in [1.29, 1.82) is 0 Å². The molecule has 3 aliphatic rings. The Morgan fingerprint density at radius 1 is 0.284 bits per heavy atom. The van der Waals surface area contributed by atoms with Crippen molar-refractivity contribution in [2.75, 3.05) is 19.8 Å². The van der Waals surface area contributed by atoms with Gasteiger partial charge in [0.2, 0.25) is 18.9 Å².